The number of nitrogens with zero attached hydrogens (tertiary/aromatic N) is 4. The molecule has 0 spiro atoms. The minimum absolute atomic E-state index is 0.206. The lowest BCUT2D eigenvalue weighted by molar-refractivity contribution is -0.121. The molecule has 2 aliphatic rings. The van der Waals surface area contributed by atoms with E-state index in [1.165, 1.54) is 21.1 Å². The minimum atomic E-state index is -0.217. The second kappa shape index (κ2) is 9.47. The average molecular weight is 460 g/mol. The van der Waals surface area contributed by atoms with Crippen LogP contribution in [-0.2, 0) is 9.53 Å². The van der Waals surface area contributed by atoms with Crippen LogP contribution >= 0.6 is 24.0 Å². The van der Waals surface area contributed by atoms with Crippen LogP contribution in [0.5, 0.6) is 0 Å². The van der Waals surface area contributed by atoms with Crippen LogP contribution < -0.4 is 10.9 Å². The molecular formula is C21H25N5O3S2. The Morgan fingerprint density at radius 2 is 2.10 bits per heavy atom. The molecule has 0 radical (unpaired) electrons. The largest absolute Gasteiger partial charge is 0.379 e. The van der Waals surface area contributed by atoms with Crippen molar-refractivity contribution in [1.82, 2.24) is 19.2 Å². The van der Waals surface area contributed by atoms with Gasteiger partial charge in [-0.1, -0.05) is 30.0 Å². The van der Waals surface area contributed by atoms with Crippen molar-refractivity contribution in [1.29, 1.82) is 0 Å². The molecule has 1 amide bonds. The first kappa shape index (κ1) is 21.9. The Hall–Kier alpha value is -2.27. The number of fused-ring (bicyclic) bond motifs is 1. The van der Waals surface area contributed by atoms with Gasteiger partial charge in [0.25, 0.3) is 11.5 Å². The number of morpholine rings is 1. The van der Waals surface area contributed by atoms with Crippen LogP contribution in [0.1, 0.15) is 17.5 Å². The number of hydrogen-bond acceptors (Lipinski definition) is 8. The molecule has 4 heterocycles. The highest BCUT2D eigenvalue weighted by Gasteiger charge is 2.29. The molecule has 0 unspecified atom stereocenters. The van der Waals surface area contributed by atoms with E-state index in [9.17, 15) is 9.59 Å². The third kappa shape index (κ3) is 4.67. The first-order chi connectivity index (χ1) is 15.0. The summed E-state index contributed by atoms with van der Waals surface area (Å²) in [5.74, 6) is 0.282. The summed E-state index contributed by atoms with van der Waals surface area (Å²) in [4.78, 5) is 34.7. The Bertz CT molecular complexity index is 1110. The van der Waals surface area contributed by atoms with E-state index in [2.05, 4.69) is 10.2 Å². The topological polar surface area (TPSA) is 79.2 Å². The molecule has 0 aliphatic carbocycles. The zero-order valence-electron chi connectivity index (χ0n) is 17.6. The Balaban J connectivity index is 1.63. The van der Waals surface area contributed by atoms with Gasteiger partial charge in [-0.3, -0.25) is 23.8 Å². The average Bonchev–Trinajstić information content (AvgIpc) is 3.01. The number of aryl methyl sites for hydroxylation is 1. The van der Waals surface area contributed by atoms with Gasteiger partial charge in [0.2, 0.25) is 0 Å². The second-order valence-corrected chi connectivity index (χ2v) is 9.21. The van der Waals surface area contributed by atoms with Gasteiger partial charge in [0, 0.05) is 32.9 Å². The highest BCUT2D eigenvalue weighted by molar-refractivity contribution is 8.26. The van der Waals surface area contributed by atoms with E-state index in [0.29, 0.717) is 32.8 Å². The third-order valence-corrected chi connectivity index (χ3v) is 6.88. The molecule has 2 aliphatic heterocycles. The molecule has 2 aromatic rings. The molecule has 2 aromatic heterocycles. The molecule has 10 heteroatoms. The maximum absolute atomic E-state index is 13.3. The number of pyridine rings is 1. The van der Waals surface area contributed by atoms with Crippen LogP contribution in [0.15, 0.2) is 28.0 Å². The predicted molar refractivity (Wildman–Crippen MR) is 128 cm³/mol. The van der Waals surface area contributed by atoms with Crippen LogP contribution in [-0.4, -0.2) is 75.9 Å². The van der Waals surface area contributed by atoms with Gasteiger partial charge < -0.3 is 10.1 Å². The van der Waals surface area contributed by atoms with Crippen LogP contribution in [0, 0.1) is 6.92 Å². The van der Waals surface area contributed by atoms with Crippen molar-refractivity contribution in [3.8, 4) is 0 Å². The molecule has 2 fully saturated rings. The molecule has 2 saturated heterocycles. The first-order valence-electron chi connectivity index (χ1n) is 10.2. The van der Waals surface area contributed by atoms with Gasteiger partial charge in [-0.25, -0.2) is 4.98 Å². The third-order valence-electron chi connectivity index (χ3n) is 5.39. The Morgan fingerprint density at radius 3 is 2.81 bits per heavy atom. The second-order valence-electron chi connectivity index (χ2n) is 7.54. The van der Waals surface area contributed by atoms with E-state index in [1.54, 1.807) is 19.3 Å². The predicted octanol–water partition coefficient (Wildman–Crippen LogP) is 1.97. The molecule has 0 saturated carbocycles. The normalized spacial score (nSPS) is 19.0. The summed E-state index contributed by atoms with van der Waals surface area (Å²) in [5, 5.41) is 3.33. The fourth-order valence-corrected chi connectivity index (χ4v) is 4.75. The van der Waals surface area contributed by atoms with Gasteiger partial charge in [0.15, 0.2) is 0 Å². The van der Waals surface area contributed by atoms with Crippen LogP contribution in [0.4, 0.5) is 5.82 Å². The molecule has 4 rings (SSSR count). The number of ether oxygens (including phenoxy) is 1. The number of hydrogen-bond donors (Lipinski definition) is 1. The number of anilines is 1. The number of nitrogens with one attached hydrogen (secondary N) is 1. The van der Waals surface area contributed by atoms with E-state index in [0.717, 1.165) is 44.8 Å². The van der Waals surface area contributed by atoms with E-state index in [4.69, 9.17) is 21.9 Å². The number of thiocarbonyl (C=S) groups is 1. The zero-order valence-corrected chi connectivity index (χ0v) is 19.2. The van der Waals surface area contributed by atoms with Crippen LogP contribution in [0.3, 0.4) is 0 Å². The number of carbonyl (C=O) groups excluding carboxylic acids is 1. The van der Waals surface area contributed by atoms with E-state index >= 15 is 0 Å². The maximum Gasteiger partial charge on any atom is 0.267 e. The van der Waals surface area contributed by atoms with Crippen molar-refractivity contribution in [3.63, 3.8) is 0 Å². The van der Waals surface area contributed by atoms with Crippen molar-refractivity contribution in [3.05, 3.63) is 44.7 Å². The number of rotatable bonds is 6. The maximum atomic E-state index is 13.3. The lowest BCUT2D eigenvalue weighted by Crippen LogP contribution is -2.37. The number of thioether (sulfide) groups is 1. The van der Waals surface area contributed by atoms with Gasteiger partial charge in [-0.15, -0.1) is 0 Å². The summed E-state index contributed by atoms with van der Waals surface area (Å²) in [5.41, 5.74) is 1.65. The van der Waals surface area contributed by atoms with Gasteiger partial charge in [-0.2, -0.15) is 0 Å². The molecule has 0 bridgehead atoms. The molecular weight excluding hydrogens is 434 g/mol. The summed E-state index contributed by atoms with van der Waals surface area (Å²) >= 11 is 6.42. The molecule has 1 N–H and O–H groups in total. The first-order valence-corrected chi connectivity index (χ1v) is 11.5. The monoisotopic (exact) mass is 459 g/mol. The fourth-order valence-electron chi connectivity index (χ4n) is 3.59. The Morgan fingerprint density at radius 1 is 1.32 bits per heavy atom. The highest BCUT2D eigenvalue weighted by atomic mass is 32.2. The van der Waals surface area contributed by atoms with Crippen LogP contribution in [0.25, 0.3) is 11.7 Å². The van der Waals surface area contributed by atoms with E-state index < -0.39 is 0 Å². The minimum Gasteiger partial charge on any atom is -0.379 e. The summed E-state index contributed by atoms with van der Waals surface area (Å²) in [6.45, 7) is 6.97. The van der Waals surface area contributed by atoms with E-state index in [1.807, 2.05) is 19.1 Å². The summed E-state index contributed by atoms with van der Waals surface area (Å²) < 4.78 is 7.38. The quantitative estimate of drug-likeness (QED) is 0.399. The van der Waals surface area contributed by atoms with Gasteiger partial charge in [0.1, 0.15) is 15.8 Å². The van der Waals surface area contributed by atoms with Crippen molar-refractivity contribution in [2.75, 3.05) is 51.8 Å². The summed E-state index contributed by atoms with van der Waals surface area (Å²) in [6.07, 6.45) is 4.21. The lowest BCUT2D eigenvalue weighted by Gasteiger charge is -2.26. The summed E-state index contributed by atoms with van der Waals surface area (Å²) in [6, 6.07) is 3.74. The molecule has 164 valence electrons. The number of likely N-dealkylation sites (N-methyl/N-ethyl adjacent to an activating group) is 1. The number of amides is 1. The van der Waals surface area contributed by atoms with Crippen molar-refractivity contribution < 1.29 is 9.53 Å². The Kier molecular flexibility index (Phi) is 6.71. The zero-order chi connectivity index (χ0) is 22.0. The summed E-state index contributed by atoms with van der Waals surface area (Å²) in [7, 11) is 1.64. The van der Waals surface area contributed by atoms with Gasteiger partial charge in [-0.05, 0) is 37.6 Å². The highest BCUT2D eigenvalue weighted by Crippen LogP contribution is 2.31. The molecule has 8 nitrogen and oxygen atoms in total. The molecule has 0 aromatic carbocycles. The number of aromatic nitrogens is 2. The standard InChI is InChI=1S/C21H25N5O3S2/c1-14-5-3-8-26-18(14)23-17(22-6-4-7-25-9-11-29-12-10-25)15(19(26)27)13-16-20(28)24(2)21(30)31-16/h3,5,8,13,22H,4,6-7,9-12H2,1-2H3/b16-13-. The van der Waals surface area contributed by atoms with Crippen LogP contribution in [0.2, 0.25) is 0 Å². The number of carbonyl (C=O) groups is 1. The van der Waals surface area contributed by atoms with Crippen molar-refractivity contribution in [2.45, 2.75) is 13.3 Å². The SMILES string of the molecule is Cc1cccn2c(=O)c(/C=C3\SC(=S)N(C)C3=O)c(NCCCN3CCOCC3)nc12. The lowest BCUT2D eigenvalue weighted by atomic mass is 10.2. The Labute approximate surface area is 190 Å². The van der Waals surface area contributed by atoms with Gasteiger partial charge in [0.05, 0.1) is 23.7 Å². The smallest absolute Gasteiger partial charge is 0.267 e. The van der Waals surface area contributed by atoms with Crippen molar-refractivity contribution in [2.24, 2.45) is 0 Å². The van der Waals surface area contributed by atoms with Crippen molar-refractivity contribution >= 4 is 51.7 Å². The van der Waals surface area contributed by atoms with E-state index in [-0.39, 0.29) is 11.5 Å². The van der Waals surface area contributed by atoms with Gasteiger partial charge >= 0.3 is 0 Å². The fraction of sp³-hybridized carbons (Fsp3) is 0.429. The molecule has 31 heavy (non-hydrogen) atoms. The molecule has 0 atom stereocenters.